The first-order valence-corrected chi connectivity index (χ1v) is 9.62. The predicted octanol–water partition coefficient (Wildman–Crippen LogP) is 2.99. The number of halogens is 1. The average Bonchev–Trinajstić information content (AvgIpc) is 2.42. The highest BCUT2D eigenvalue weighted by molar-refractivity contribution is 8.13. The Bertz CT molecular complexity index is 614. The molecule has 0 aromatic heterocycles. The van der Waals surface area contributed by atoms with Crippen LogP contribution in [0.4, 0.5) is 4.79 Å². The van der Waals surface area contributed by atoms with Gasteiger partial charge >= 0.3 is 6.09 Å². The first-order valence-electron chi connectivity index (χ1n) is 7.14. The molecule has 22 heavy (non-hydrogen) atoms. The number of hydrogen-bond acceptors (Lipinski definition) is 4. The number of rotatable bonds is 6. The van der Waals surface area contributed by atoms with E-state index < -0.39 is 20.6 Å². The van der Waals surface area contributed by atoms with E-state index >= 15 is 0 Å². The molecule has 122 valence electrons. The van der Waals surface area contributed by atoms with Crippen LogP contribution in [-0.4, -0.2) is 38.8 Å². The van der Waals surface area contributed by atoms with Crippen molar-refractivity contribution >= 4 is 25.8 Å². The van der Waals surface area contributed by atoms with Gasteiger partial charge in [0, 0.05) is 29.7 Å². The molecule has 0 atom stereocenters. The zero-order valence-corrected chi connectivity index (χ0v) is 14.1. The van der Waals surface area contributed by atoms with Crippen molar-refractivity contribution in [2.24, 2.45) is 5.41 Å². The molecule has 0 radical (unpaired) electrons. The predicted molar refractivity (Wildman–Crippen MR) is 85.2 cm³/mol. The maximum Gasteiger partial charge on any atom is 0.409 e. The summed E-state index contributed by atoms with van der Waals surface area (Å²) >= 11 is 0. The molecule has 5 nitrogen and oxygen atoms in total. The summed E-state index contributed by atoms with van der Waals surface area (Å²) in [6.07, 6.45) is 2.02. The van der Waals surface area contributed by atoms with E-state index in [4.69, 9.17) is 15.4 Å². The van der Waals surface area contributed by atoms with Gasteiger partial charge in [0.05, 0.1) is 5.75 Å². The Hall–Kier alpha value is -1.27. The van der Waals surface area contributed by atoms with Gasteiger partial charge in [-0.15, -0.1) is 0 Å². The fourth-order valence-electron chi connectivity index (χ4n) is 2.79. The third kappa shape index (κ3) is 4.88. The van der Waals surface area contributed by atoms with Gasteiger partial charge < -0.3 is 9.64 Å². The van der Waals surface area contributed by atoms with Gasteiger partial charge in [-0.25, -0.2) is 13.2 Å². The summed E-state index contributed by atoms with van der Waals surface area (Å²) in [7, 11) is 3.42. The molecule has 0 spiro atoms. The van der Waals surface area contributed by atoms with Crippen LogP contribution in [0.15, 0.2) is 30.3 Å². The number of carbonyl (C=O) groups is 1. The molecule has 0 saturated heterocycles. The number of amides is 1. The summed E-state index contributed by atoms with van der Waals surface area (Å²) in [6.45, 7) is 0.539. The maximum atomic E-state index is 12.0. The molecular weight excluding hydrogens is 326 g/mol. The van der Waals surface area contributed by atoms with Gasteiger partial charge in [-0.3, -0.25) is 0 Å². The fourth-order valence-corrected chi connectivity index (χ4v) is 4.59. The largest absolute Gasteiger partial charge is 0.445 e. The van der Waals surface area contributed by atoms with E-state index in [9.17, 15) is 13.2 Å². The minimum absolute atomic E-state index is 0.0993. The summed E-state index contributed by atoms with van der Waals surface area (Å²) in [5.74, 6) is -0.0993. The van der Waals surface area contributed by atoms with Gasteiger partial charge in [0.25, 0.3) is 0 Å². The van der Waals surface area contributed by atoms with E-state index in [2.05, 4.69) is 0 Å². The quantitative estimate of drug-likeness (QED) is 0.743. The molecule has 1 aromatic carbocycles. The lowest BCUT2D eigenvalue weighted by molar-refractivity contribution is 0.0664. The van der Waals surface area contributed by atoms with Crippen molar-refractivity contribution in [2.75, 3.05) is 19.3 Å². The highest BCUT2D eigenvalue weighted by Gasteiger charge is 2.42. The van der Waals surface area contributed by atoms with E-state index in [1.165, 1.54) is 4.90 Å². The molecule has 0 unspecified atom stereocenters. The Morgan fingerprint density at radius 3 is 2.45 bits per heavy atom. The Labute approximate surface area is 135 Å². The second-order valence-electron chi connectivity index (χ2n) is 5.93. The molecular formula is C15H20ClNO4S. The minimum atomic E-state index is -3.58. The van der Waals surface area contributed by atoms with E-state index in [0.717, 1.165) is 24.8 Å². The van der Waals surface area contributed by atoms with Gasteiger partial charge in [-0.2, -0.15) is 0 Å². The highest BCUT2D eigenvalue weighted by Crippen LogP contribution is 2.43. The zero-order chi connectivity index (χ0) is 16.2. The van der Waals surface area contributed by atoms with E-state index in [1.54, 1.807) is 7.05 Å². The molecule has 1 saturated carbocycles. The van der Waals surface area contributed by atoms with Crippen LogP contribution >= 0.6 is 10.7 Å². The van der Waals surface area contributed by atoms with Crippen LogP contribution < -0.4 is 0 Å². The third-order valence-corrected chi connectivity index (χ3v) is 5.27. The van der Waals surface area contributed by atoms with E-state index in [-0.39, 0.29) is 12.4 Å². The Morgan fingerprint density at radius 2 is 1.95 bits per heavy atom. The number of hydrogen-bond donors (Lipinski definition) is 0. The molecule has 1 fully saturated rings. The second-order valence-corrected chi connectivity index (χ2v) is 8.71. The molecule has 0 aliphatic heterocycles. The Balaban J connectivity index is 1.87. The van der Waals surface area contributed by atoms with Crippen LogP contribution in [-0.2, 0) is 20.4 Å². The van der Waals surface area contributed by atoms with E-state index in [1.807, 2.05) is 30.3 Å². The van der Waals surface area contributed by atoms with Crippen molar-refractivity contribution in [1.29, 1.82) is 0 Å². The lowest BCUT2D eigenvalue weighted by atomic mass is 9.70. The maximum absolute atomic E-state index is 12.0. The first kappa shape index (κ1) is 17.1. The molecule has 0 N–H and O–H groups in total. The lowest BCUT2D eigenvalue weighted by Crippen LogP contribution is -2.46. The molecule has 2 rings (SSSR count). The molecule has 0 bridgehead atoms. The third-order valence-electron chi connectivity index (χ3n) is 3.98. The molecule has 1 amide bonds. The fraction of sp³-hybridized carbons (Fsp3) is 0.533. The Kier molecular flexibility index (Phi) is 5.34. The van der Waals surface area contributed by atoms with Crippen LogP contribution in [0.3, 0.4) is 0 Å². The number of carbonyl (C=O) groups excluding carboxylic acids is 1. The van der Waals surface area contributed by atoms with Crippen LogP contribution in [0.2, 0.25) is 0 Å². The smallest absolute Gasteiger partial charge is 0.409 e. The lowest BCUT2D eigenvalue weighted by Gasteiger charge is -2.43. The molecule has 7 heteroatoms. The van der Waals surface area contributed by atoms with Crippen molar-refractivity contribution < 1.29 is 17.9 Å². The molecule has 0 heterocycles. The number of ether oxygens (including phenoxy) is 1. The van der Waals surface area contributed by atoms with Gasteiger partial charge in [-0.05, 0) is 18.4 Å². The summed E-state index contributed by atoms with van der Waals surface area (Å²) in [6, 6.07) is 9.40. The molecule has 1 aliphatic rings. The van der Waals surface area contributed by atoms with Crippen molar-refractivity contribution in [3.8, 4) is 0 Å². The van der Waals surface area contributed by atoms with Crippen LogP contribution in [0.1, 0.15) is 24.8 Å². The standard InChI is InChI=1S/C15H20ClNO4S/c1-17(11-15(8-5-9-15)12-22(16,19)20)14(18)21-10-13-6-3-2-4-7-13/h2-4,6-7H,5,8-12H2,1H3. The summed E-state index contributed by atoms with van der Waals surface area (Å²) < 4.78 is 27.9. The van der Waals surface area contributed by atoms with Crippen molar-refractivity contribution in [3.05, 3.63) is 35.9 Å². The topological polar surface area (TPSA) is 63.7 Å². The van der Waals surface area contributed by atoms with Gasteiger partial charge in [0.1, 0.15) is 6.61 Å². The normalized spacial score (nSPS) is 16.6. The minimum Gasteiger partial charge on any atom is -0.445 e. The second kappa shape index (κ2) is 6.87. The summed E-state index contributed by atoms with van der Waals surface area (Å²) in [5, 5.41) is 0. The summed E-state index contributed by atoms with van der Waals surface area (Å²) in [5.41, 5.74) is 0.479. The van der Waals surface area contributed by atoms with Gasteiger partial charge in [0.15, 0.2) is 0 Å². The van der Waals surface area contributed by atoms with Crippen molar-refractivity contribution in [2.45, 2.75) is 25.9 Å². The number of benzene rings is 1. The van der Waals surface area contributed by atoms with Gasteiger partial charge in [-0.1, -0.05) is 36.8 Å². The SMILES string of the molecule is CN(CC1(CS(=O)(=O)Cl)CCC1)C(=O)OCc1ccccc1. The van der Waals surface area contributed by atoms with E-state index in [0.29, 0.717) is 6.54 Å². The average molecular weight is 346 g/mol. The summed E-state index contributed by atoms with van der Waals surface area (Å²) in [4.78, 5) is 13.5. The first-order chi connectivity index (χ1) is 10.3. The zero-order valence-electron chi connectivity index (χ0n) is 12.5. The molecule has 1 aliphatic carbocycles. The number of nitrogens with zero attached hydrogens (tertiary/aromatic N) is 1. The van der Waals surface area contributed by atoms with Crippen molar-refractivity contribution in [1.82, 2.24) is 4.90 Å². The van der Waals surface area contributed by atoms with Crippen LogP contribution in [0, 0.1) is 5.41 Å². The van der Waals surface area contributed by atoms with Crippen LogP contribution in [0.5, 0.6) is 0 Å². The highest BCUT2D eigenvalue weighted by atomic mass is 35.7. The molecule has 1 aromatic rings. The van der Waals surface area contributed by atoms with Crippen molar-refractivity contribution in [3.63, 3.8) is 0 Å². The monoisotopic (exact) mass is 345 g/mol. The van der Waals surface area contributed by atoms with Gasteiger partial charge in [0.2, 0.25) is 9.05 Å². The Morgan fingerprint density at radius 1 is 1.32 bits per heavy atom. The van der Waals surface area contributed by atoms with Crippen LogP contribution in [0.25, 0.3) is 0 Å².